The highest BCUT2D eigenvalue weighted by Gasteiger charge is 2.43. The van der Waals surface area contributed by atoms with Gasteiger partial charge in [0.1, 0.15) is 0 Å². The molecular weight excluding hydrogens is 398 g/mol. The van der Waals surface area contributed by atoms with Crippen molar-refractivity contribution in [3.8, 4) is 0 Å². The third kappa shape index (κ3) is 5.04. The Bertz CT molecular complexity index is 729. The van der Waals surface area contributed by atoms with Crippen molar-refractivity contribution in [2.24, 2.45) is 17.6 Å². The molecule has 162 valence electrons. The van der Waals surface area contributed by atoms with Crippen LogP contribution >= 0.6 is 0 Å². The van der Waals surface area contributed by atoms with Crippen LogP contribution in [0.4, 0.5) is 26.3 Å². The summed E-state index contributed by atoms with van der Waals surface area (Å²) in [5.41, 5.74) is 6.61. The summed E-state index contributed by atoms with van der Waals surface area (Å²) >= 11 is 0. The first kappa shape index (κ1) is 21.9. The number of hydrogen-bond donors (Lipinski definition) is 1. The second kappa shape index (κ2) is 8.14. The van der Waals surface area contributed by atoms with E-state index in [-0.39, 0.29) is 55.9 Å². The summed E-state index contributed by atoms with van der Waals surface area (Å²) in [6.45, 7) is 0. The maximum absolute atomic E-state index is 12.9. The summed E-state index contributed by atoms with van der Waals surface area (Å²) in [7, 11) is 0. The maximum Gasteiger partial charge on any atom is 0.391 e. The van der Waals surface area contributed by atoms with Crippen LogP contribution < -0.4 is 5.73 Å². The van der Waals surface area contributed by atoms with Crippen LogP contribution in [0.25, 0.3) is 0 Å². The quantitative estimate of drug-likeness (QED) is 0.621. The number of primary amides is 1. The standard InChI is InChI=1S/C20H24F6N2O/c21-19(22,23)13-5-1-11(2-6-13)16-10-9-15(18(27)29)17(28-16)12-3-7-14(8-4-12)20(24,25)26/h9-14H,1-8H2,(H2,27,29). The summed E-state index contributed by atoms with van der Waals surface area (Å²) in [6, 6.07) is 3.13. The first-order valence-electron chi connectivity index (χ1n) is 9.91. The molecule has 0 radical (unpaired) electrons. The third-order valence-corrected chi connectivity index (χ3v) is 6.40. The Morgan fingerprint density at radius 3 is 1.66 bits per heavy atom. The van der Waals surface area contributed by atoms with Crippen LogP contribution in [0.15, 0.2) is 12.1 Å². The Morgan fingerprint density at radius 1 is 0.793 bits per heavy atom. The first-order chi connectivity index (χ1) is 13.5. The zero-order chi connectivity index (χ0) is 21.4. The Balaban J connectivity index is 1.77. The van der Waals surface area contributed by atoms with E-state index in [1.54, 1.807) is 6.07 Å². The molecule has 3 nitrogen and oxygen atoms in total. The van der Waals surface area contributed by atoms with Gasteiger partial charge in [-0.25, -0.2) is 0 Å². The highest BCUT2D eigenvalue weighted by Crippen LogP contribution is 2.45. The molecule has 2 aliphatic carbocycles. The van der Waals surface area contributed by atoms with Gasteiger partial charge >= 0.3 is 12.4 Å². The summed E-state index contributed by atoms with van der Waals surface area (Å²) in [5, 5.41) is 0. The van der Waals surface area contributed by atoms with Gasteiger partial charge in [0, 0.05) is 17.5 Å². The minimum absolute atomic E-state index is 0.0272. The fraction of sp³-hybridized carbons (Fsp3) is 0.700. The fourth-order valence-electron chi connectivity index (χ4n) is 4.65. The van der Waals surface area contributed by atoms with E-state index < -0.39 is 30.1 Å². The molecule has 2 fully saturated rings. The van der Waals surface area contributed by atoms with Crippen LogP contribution in [-0.4, -0.2) is 23.2 Å². The van der Waals surface area contributed by atoms with Crippen LogP contribution in [0.2, 0.25) is 0 Å². The molecule has 0 saturated heterocycles. The molecule has 2 aliphatic rings. The van der Waals surface area contributed by atoms with E-state index in [4.69, 9.17) is 5.73 Å². The molecule has 9 heteroatoms. The highest BCUT2D eigenvalue weighted by atomic mass is 19.4. The molecule has 29 heavy (non-hydrogen) atoms. The molecule has 0 spiro atoms. The van der Waals surface area contributed by atoms with Crippen molar-refractivity contribution in [1.82, 2.24) is 4.98 Å². The summed E-state index contributed by atoms with van der Waals surface area (Å²) in [6.07, 6.45) is -7.26. The molecule has 2 saturated carbocycles. The molecule has 0 aromatic carbocycles. The Hall–Kier alpha value is -1.80. The summed E-state index contributed by atoms with van der Waals surface area (Å²) in [5.74, 6) is -3.81. The lowest BCUT2D eigenvalue weighted by atomic mass is 9.77. The average molecular weight is 422 g/mol. The third-order valence-electron chi connectivity index (χ3n) is 6.40. The molecule has 1 heterocycles. The van der Waals surface area contributed by atoms with Gasteiger partial charge in [-0.2, -0.15) is 26.3 Å². The van der Waals surface area contributed by atoms with Crippen LogP contribution in [-0.2, 0) is 0 Å². The van der Waals surface area contributed by atoms with Gasteiger partial charge in [-0.3, -0.25) is 9.78 Å². The largest absolute Gasteiger partial charge is 0.391 e. The lowest BCUT2D eigenvalue weighted by Gasteiger charge is -2.32. The summed E-state index contributed by atoms with van der Waals surface area (Å²) in [4.78, 5) is 16.4. The number of nitrogens with zero attached hydrogens (tertiary/aromatic N) is 1. The van der Waals surface area contributed by atoms with Gasteiger partial charge < -0.3 is 5.73 Å². The van der Waals surface area contributed by atoms with Crippen LogP contribution in [0.1, 0.15) is 84.9 Å². The normalized spacial score (nSPS) is 28.9. The number of amides is 1. The topological polar surface area (TPSA) is 56.0 Å². The number of alkyl halides is 6. The lowest BCUT2D eigenvalue weighted by Crippen LogP contribution is -2.29. The molecule has 0 unspecified atom stereocenters. The molecule has 3 rings (SSSR count). The van der Waals surface area contributed by atoms with Gasteiger partial charge in [-0.05, 0) is 63.5 Å². The number of nitrogens with two attached hydrogens (primary N) is 1. The van der Waals surface area contributed by atoms with E-state index in [1.807, 2.05) is 0 Å². The Labute approximate surface area is 165 Å². The van der Waals surface area contributed by atoms with E-state index in [2.05, 4.69) is 4.98 Å². The van der Waals surface area contributed by atoms with E-state index in [9.17, 15) is 31.1 Å². The average Bonchev–Trinajstić information content (AvgIpc) is 2.66. The van der Waals surface area contributed by atoms with Gasteiger partial charge in [-0.1, -0.05) is 0 Å². The van der Waals surface area contributed by atoms with Crippen molar-refractivity contribution >= 4 is 5.91 Å². The van der Waals surface area contributed by atoms with Crippen LogP contribution in [0.5, 0.6) is 0 Å². The number of carbonyl (C=O) groups is 1. The molecular formula is C20H24F6N2O. The number of carbonyl (C=O) groups excluding carboxylic acids is 1. The van der Waals surface area contributed by atoms with Crippen LogP contribution in [0, 0.1) is 11.8 Å². The molecule has 1 aromatic rings. The van der Waals surface area contributed by atoms with E-state index >= 15 is 0 Å². The number of pyridine rings is 1. The number of aromatic nitrogens is 1. The van der Waals surface area contributed by atoms with Gasteiger partial charge in [0.05, 0.1) is 23.1 Å². The second-order valence-corrected chi connectivity index (χ2v) is 8.21. The Kier molecular flexibility index (Phi) is 6.15. The van der Waals surface area contributed by atoms with Gasteiger partial charge in [0.25, 0.3) is 5.91 Å². The minimum Gasteiger partial charge on any atom is -0.366 e. The number of rotatable bonds is 3. The number of halogens is 6. The van der Waals surface area contributed by atoms with E-state index in [0.717, 1.165) is 0 Å². The smallest absolute Gasteiger partial charge is 0.366 e. The monoisotopic (exact) mass is 422 g/mol. The van der Waals surface area contributed by atoms with E-state index in [0.29, 0.717) is 24.2 Å². The SMILES string of the molecule is NC(=O)c1ccc(C2CCC(C(F)(F)F)CC2)nc1C1CCC(C(F)(F)F)CC1. The molecule has 0 atom stereocenters. The molecule has 2 N–H and O–H groups in total. The fourth-order valence-corrected chi connectivity index (χ4v) is 4.65. The number of hydrogen-bond acceptors (Lipinski definition) is 2. The zero-order valence-corrected chi connectivity index (χ0v) is 15.8. The van der Waals surface area contributed by atoms with Crippen molar-refractivity contribution in [1.29, 1.82) is 0 Å². The predicted molar refractivity (Wildman–Crippen MR) is 94.3 cm³/mol. The first-order valence-corrected chi connectivity index (χ1v) is 9.91. The molecule has 0 aliphatic heterocycles. The molecule has 1 aromatic heterocycles. The van der Waals surface area contributed by atoms with Gasteiger partial charge in [0.15, 0.2) is 0 Å². The predicted octanol–water partition coefficient (Wildman–Crippen LogP) is 5.85. The van der Waals surface area contributed by atoms with Gasteiger partial charge in [0.2, 0.25) is 0 Å². The second-order valence-electron chi connectivity index (χ2n) is 8.21. The van der Waals surface area contributed by atoms with Crippen molar-refractivity contribution in [2.75, 3.05) is 0 Å². The van der Waals surface area contributed by atoms with E-state index in [1.165, 1.54) is 6.07 Å². The summed E-state index contributed by atoms with van der Waals surface area (Å²) < 4.78 is 77.5. The molecule has 1 amide bonds. The van der Waals surface area contributed by atoms with Crippen LogP contribution in [0.3, 0.4) is 0 Å². The van der Waals surface area contributed by atoms with Crippen molar-refractivity contribution in [3.05, 3.63) is 29.1 Å². The molecule has 0 bridgehead atoms. The van der Waals surface area contributed by atoms with Crippen molar-refractivity contribution in [3.63, 3.8) is 0 Å². The van der Waals surface area contributed by atoms with Crippen molar-refractivity contribution in [2.45, 2.75) is 75.6 Å². The zero-order valence-electron chi connectivity index (χ0n) is 15.8. The Morgan fingerprint density at radius 2 is 1.24 bits per heavy atom. The lowest BCUT2D eigenvalue weighted by molar-refractivity contribution is -0.183. The van der Waals surface area contributed by atoms with Crippen molar-refractivity contribution < 1.29 is 31.1 Å². The minimum atomic E-state index is -4.23. The van der Waals surface area contributed by atoms with Gasteiger partial charge in [-0.15, -0.1) is 0 Å². The maximum atomic E-state index is 12.9. The highest BCUT2D eigenvalue weighted by molar-refractivity contribution is 5.94.